The molecule has 1 aromatic heterocycles. The van der Waals surface area contributed by atoms with Crippen molar-refractivity contribution in [1.82, 2.24) is 4.98 Å². The maximum Gasteiger partial charge on any atom is 0.332 e. The van der Waals surface area contributed by atoms with Crippen LogP contribution < -0.4 is 10.3 Å². The molecule has 0 unspecified atom stereocenters. The summed E-state index contributed by atoms with van der Waals surface area (Å²) in [5.41, 5.74) is 1.12. The quantitative estimate of drug-likeness (QED) is 0.834. The summed E-state index contributed by atoms with van der Waals surface area (Å²) in [6.07, 6.45) is 3.11. The fourth-order valence-electron chi connectivity index (χ4n) is 2.22. The van der Waals surface area contributed by atoms with E-state index in [9.17, 15) is 0 Å². The van der Waals surface area contributed by atoms with Gasteiger partial charge in [-0.2, -0.15) is 0 Å². The first-order chi connectivity index (χ1) is 8.33. The number of aromatic amines is 1. The van der Waals surface area contributed by atoms with E-state index in [0.717, 1.165) is 49.7 Å². The molecule has 1 fully saturated rings. The van der Waals surface area contributed by atoms with Crippen molar-refractivity contribution < 1.29 is 9.72 Å². The van der Waals surface area contributed by atoms with Gasteiger partial charge >= 0.3 is 5.28 Å². The average Bonchev–Trinajstić information content (AvgIpc) is 2.78. The number of anilines is 1. The van der Waals surface area contributed by atoms with Crippen LogP contribution in [0.25, 0.3) is 0 Å². The molecule has 1 saturated heterocycles. The third kappa shape index (κ3) is 2.51. The number of aromatic nitrogens is 2. The molecule has 1 aromatic rings. The number of fused-ring (bicyclic) bond motifs is 1. The van der Waals surface area contributed by atoms with Gasteiger partial charge in [-0.15, -0.1) is 11.8 Å². The summed E-state index contributed by atoms with van der Waals surface area (Å²) in [5, 5.41) is 4.01. The van der Waals surface area contributed by atoms with Crippen LogP contribution in [-0.4, -0.2) is 30.0 Å². The Morgan fingerprint density at radius 1 is 1.41 bits per heavy atom. The Morgan fingerprint density at radius 3 is 3.06 bits per heavy atom. The Kier molecular flexibility index (Phi) is 3.40. The zero-order chi connectivity index (χ0) is 11.7. The highest BCUT2D eigenvalue weighted by atomic mass is 35.5. The largest absolute Gasteiger partial charge is 0.381 e. The number of nitrogens with zero attached hydrogens (tertiary/aromatic N) is 1. The highest BCUT2D eigenvalue weighted by Crippen LogP contribution is 2.34. The van der Waals surface area contributed by atoms with Crippen LogP contribution in [0.2, 0.25) is 5.28 Å². The first-order valence-electron chi connectivity index (χ1n) is 5.92. The van der Waals surface area contributed by atoms with E-state index in [1.54, 1.807) is 0 Å². The number of rotatable bonds is 2. The lowest BCUT2D eigenvalue weighted by Gasteiger charge is -2.21. The molecule has 0 radical (unpaired) electrons. The number of aryl methyl sites for hydroxylation is 1. The molecule has 17 heavy (non-hydrogen) atoms. The summed E-state index contributed by atoms with van der Waals surface area (Å²) >= 11 is 7.85. The lowest BCUT2D eigenvalue weighted by molar-refractivity contribution is -0.366. The Hall–Kier alpha value is -0.520. The third-order valence-corrected chi connectivity index (χ3v) is 4.42. The first kappa shape index (κ1) is 11.6. The van der Waals surface area contributed by atoms with Gasteiger partial charge in [0.25, 0.3) is 0 Å². The first-order valence-corrected chi connectivity index (χ1v) is 7.28. The fourth-order valence-corrected chi connectivity index (χ4v) is 3.49. The Bertz CT molecular complexity index is 423. The zero-order valence-electron chi connectivity index (χ0n) is 9.46. The molecule has 0 aliphatic carbocycles. The van der Waals surface area contributed by atoms with Crippen LogP contribution in [-0.2, 0) is 11.2 Å². The zero-order valence-corrected chi connectivity index (χ0v) is 11.0. The topological polar surface area (TPSA) is 48.3 Å². The molecular weight excluding hydrogens is 258 g/mol. The van der Waals surface area contributed by atoms with Gasteiger partial charge in [0.2, 0.25) is 5.82 Å². The summed E-state index contributed by atoms with van der Waals surface area (Å²) < 4.78 is 5.36. The fraction of sp³-hybridized carbons (Fsp3) is 0.636. The highest BCUT2D eigenvalue weighted by molar-refractivity contribution is 7.99. The van der Waals surface area contributed by atoms with Crippen molar-refractivity contribution in [2.75, 3.05) is 24.3 Å². The second-order valence-electron chi connectivity index (χ2n) is 4.31. The van der Waals surface area contributed by atoms with Crippen LogP contribution in [0.3, 0.4) is 0 Å². The number of halogens is 1. The molecule has 6 heteroatoms. The monoisotopic (exact) mass is 272 g/mol. The lowest BCUT2D eigenvalue weighted by Crippen LogP contribution is -2.31. The molecule has 0 spiro atoms. The van der Waals surface area contributed by atoms with Crippen molar-refractivity contribution in [2.24, 2.45) is 0 Å². The van der Waals surface area contributed by atoms with Crippen LogP contribution in [0.4, 0.5) is 5.82 Å². The molecule has 4 nitrogen and oxygen atoms in total. The summed E-state index contributed by atoms with van der Waals surface area (Å²) in [7, 11) is 0. The summed E-state index contributed by atoms with van der Waals surface area (Å²) in [5.74, 6) is 2.13. The van der Waals surface area contributed by atoms with Crippen molar-refractivity contribution in [3.63, 3.8) is 0 Å². The molecule has 3 rings (SSSR count). The smallest absolute Gasteiger partial charge is 0.332 e. The summed E-state index contributed by atoms with van der Waals surface area (Å²) in [6, 6.07) is 0.476. The molecule has 92 valence electrons. The standard InChI is InChI=1S/C11H14ClN3OS/c12-11-14-8-3-6-17-9(8)10(15-11)13-7-1-4-16-5-2-7/h7H,1-6H2,(H,13,14,15)/p+1. The van der Waals surface area contributed by atoms with E-state index in [-0.39, 0.29) is 0 Å². The minimum Gasteiger partial charge on any atom is -0.381 e. The predicted molar refractivity (Wildman–Crippen MR) is 67.7 cm³/mol. The molecule has 0 saturated carbocycles. The maximum absolute atomic E-state index is 6.01. The van der Waals surface area contributed by atoms with E-state index in [2.05, 4.69) is 15.3 Å². The van der Waals surface area contributed by atoms with Gasteiger partial charge in [0.15, 0.2) is 0 Å². The normalized spacial score (nSPS) is 20.3. The van der Waals surface area contributed by atoms with E-state index in [1.807, 2.05) is 11.8 Å². The molecule has 0 atom stereocenters. The highest BCUT2D eigenvalue weighted by Gasteiger charge is 2.27. The van der Waals surface area contributed by atoms with Gasteiger partial charge in [-0.3, -0.25) is 0 Å². The average molecular weight is 273 g/mol. The predicted octanol–water partition coefficient (Wildman–Crippen LogP) is 1.79. The third-order valence-electron chi connectivity index (χ3n) is 3.11. The molecule has 2 aliphatic heterocycles. The van der Waals surface area contributed by atoms with E-state index < -0.39 is 0 Å². The molecule has 0 amide bonds. The van der Waals surface area contributed by atoms with Crippen molar-refractivity contribution in [2.45, 2.75) is 30.2 Å². The second kappa shape index (κ2) is 5.00. The summed E-state index contributed by atoms with van der Waals surface area (Å²) in [6.45, 7) is 1.68. The van der Waals surface area contributed by atoms with Crippen molar-refractivity contribution >= 4 is 29.2 Å². The van der Waals surface area contributed by atoms with Crippen LogP contribution in [0, 0.1) is 0 Å². The molecule has 0 bridgehead atoms. The van der Waals surface area contributed by atoms with Gasteiger partial charge in [0, 0.05) is 38.2 Å². The van der Waals surface area contributed by atoms with E-state index >= 15 is 0 Å². The van der Waals surface area contributed by atoms with Crippen LogP contribution >= 0.6 is 23.4 Å². The number of hydrogen-bond acceptors (Lipinski definition) is 4. The van der Waals surface area contributed by atoms with E-state index in [0.29, 0.717) is 11.3 Å². The minimum absolute atomic E-state index is 0.473. The SMILES string of the molecule is Clc1nc2c(c(NC3CCOCC3)[nH+]1)SCC2. The van der Waals surface area contributed by atoms with Crippen LogP contribution in [0.5, 0.6) is 0 Å². The van der Waals surface area contributed by atoms with Gasteiger partial charge < -0.3 is 10.1 Å². The Morgan fingerprint density at radius 2 is 2.24 bits per heavy atom. The second-order valence-corrected chi connectivity index (χ2v) is 5.77. The van der Waals surface area contributed by atoms with Gasteiger partial charge in [-0.05, 0) is 11.6 Å². The Balaban J connectivity index is 1.82. The molecule has 2 aliphatic rings. The Labute approximate surface area is 110 Å². The van der Waals surface area contributed by atoms with Crippen LogP contribution in [0.1, 0.15) is 18.5 Å². The van der Waals surface area contributed by atoms with Crippen LogP contribution in [0.15, 0.2) is 4.90 Å². The molecule has 2 N–H and O–H groups in total. The number of hydrogen-bond donors (Lipinski definition) is 1. The number of thioether (sulfide) groups is 1. The van der Waals surface area contributed by atoms with Gasteiger partial charge in [-0.1, -0.05) is 4.98 Å². The van der Waals surface area contributed by atoms with E-state index in [4.69, 9.17) is 16.3 Å². The van der Waals surface area contributed by atoms with Crippen molar-refractivity contribution in [3.8, 4) is 0 Å². The molecule has 0 aromatic carbocycles. The lowest BCUT2D eigenvalue weighted by atomic mass is 10.1. The minimum atomic E-state index is 0.473. The van der Waals surface area contributed by atoms with Gasteiger partial charge in [-0.25, -0.2) is 4.98 Å². The maximum atomic E-state index is 6.01. The van der Waals surface area contributed by atoms with Gasteiger partial charge in [0.1, 0.15) is 10.6 Å². The van der Waals surface area contributed by atoms with E-state index in [1.165, 1.54) is 4.90 Å². The number of ether oxygens (including phenoxy) is 1. The van der Waals surface area contributed by atoms with Crippen molar-refractivity contribution in [1.29, 1.82) is 0 Å². The molecular formula is C11H15ClN3OS+. The van der Waals surface area contributed by atoms with Crippen molar-refractivity contribution in [3.05, 3.63) is 11.0 Å². The van der Waals surface area contributed by atoms with Gasteiger partial charge in [0.05, 0.1) is 6.04 Å². The summed E-state index contributed by atoms with van der Waals surface area (Å²) in [4.78, 5) is 8.71. The number of H-pyrrole nitrogens is 1. The number of nitrogens with one attached hydrogen (secondary N) is 2. The molecule has 3 heterocycles.